The maximum atomic E-state index is 11.5. The Hall–Kier alpha value is -2.81. The van der Waals surface area contributed by atoms with Gasteiger partial charge in [-0.1, -0.05) is 24.8 Å². The number of nitro groups is 1. The fourth-order valence-electron chi connectivity index (χ4n) is 3.67. The third-order valence-electron chi connectivity index (χ3n) is 4.80. The first-order chi connectivity index (χ1) is 13.5. The van der Waals surface area contributed by atoms with Crippen LogP contribution in [0.2, 0.25) is 0 Å². The summed E-state index contributed by atoms with van der Waals surface area (Å²) in [4.78, 5) is 22.4. The summed E-state index contributed by atoms with van der Waals surface area (Å²) in [5.74, 6) is -0.340. The molecule has 1 saturated heterocycles. The van der Waals surface area contributed by atoms with Crippen LogP contribution < -0.4 is 4.74 Å². The number of aromatic hydroxyl groups is 1. The van der Waals surface area contributed by atoms with E-state index in [1.54, 1.807) is 30.9 Å². The molecule has 2 aliphatic rings. The van der Waals surface area contributed by atoms with Crippen molar-refractivity contribution in [1.29, 1.82) is 0 Å². The Kier molecular flexibility index (Phi) is 4.84. The molecule has 8 nitrogen and oxygen atoms in total. The minimum absolute atomic E-state index is 0.111. The van der Waals surface area contributed by atoms with Gasteiger partial charge in [-0.05, 0) is 30.7 Å². The number of aliphatic imine (C=N–C) groups is 1. The molecule has 1 aromatic carbocycles. The first-order valence-corrected chi connectivity index (χ1v) is 9.93. The van der Waals surface area contributed by atoms with Gasteiger partial charge in [0.15, 0.2) is 10.9 Å². The second kappa shape index (κ2) is 7.31. The largest absolute Gasteiger partial charge is 0.500 e. The van der Waals surface area contributed by atoms with Crippen molar-refractivity contribution in [2.45, 2.75) is 31.2 Å². The Balaban J connectivity index is 1.84. The van der Waals surface area contributed by atoms with Gasteiger partial charge in [-0.2, -0.15) is 0 Å². The van der Waals surface area contributed by atoms with Crippen LogP contribution in [-0.4, -0.2) is 43.5 Å². The molecule has 1 fully saturated rings. The van der Waals surface area contributed by atoms with E-state index in [9.17, 15) is 15.2 Å². The molecule has 0 spiro atoms. The van der Waals surface area contributed by atoms with E-state index >= 15 is 0 Å². The van der Waals surface area contributed by atoms with E-state index in [1.165, 1.54) is 6.07 Å². The Morgan fingerprint density at radius 1 is 1.43 bits per heavy atom. The molecular weight excluding hydrogens is 380 g/mol. The van der Waals surface area contributed by atoms with Gasteiger partial charge in [0.25, 0.3) is 0 Å². The molecule has 1 aromatic heterocycles. The van der Waals surface area contributed by atoms with E-state index in [0.717, 1.165) is 17.4 Å². The highest BCUT2D eigenvalue weighted by atomic mass is 32.2. The lowest BCUT2D eigenvalue weighted by molar-refractivity contribution is -0.386. The second-order valence-corrected chi connectivity index (χ2v) is 8.12. The van der Waals surface area contributed by atoms with Crippen LogP contribution >= 0.6 is 11.8 Å². The maximum absolute atomic E-state index is 11.5. The number of rotatable bonds is 5. The number of nitrogens with zero attached hydrogens (tertiary/aromatic N) is 4. The third-order valence-corrected chi connectivity index (χ3v) is 5.90. The van der Waals surface area contributed by atoms with Gasteiger partial charge in [0.05, 0.1) is 23.3 Å². The topological polar surface area (TPSA) is 101 Å². The summed E-state index contributed by atoms with van der Waals surface area (Å²) in [7, 11) is 0. The van der Waals surface area contributed by atoms with Crippen molar-refractivity contribution in [3.63, 3.8) is 0 Å². The van der Waals surface area contributed by atoms with Gasteiger partial charge in [0, 0.05) is 24.1 Å². The van der Waals surface area contributed by atoms with Gasteiger partial charge < -0.3 is 14.7 Å². The molecule has 0 saturated carbocycles. The molecular formula is C19H20N4O4S. The zero-order valence-electron chi connectivity index (χ0n) is 15.5. The lowest BCUT2D eigenvalue weighted by atomic mass is 9.95. The first-order valence-electron chi connectivity index (χ1n) is 9.05. The highest BCUT2D eigenvalue weighted by molar-refractivity contribution is 8.14. The Labute approximate surface area is 166 Å². The van der Waals surface area contributed by atoms with Crippen molar-refractivity contribution < 1.29 is 14.8 Å². The van der Waals surface area contributed by atoms with E-state index < -0.39 is 10.7 Å². The van der Waals surface area contributed by atoms with Gasteiger partial charge in [-0.25, -0.2) is 0 Å². The normalized spacial score (nSPS) is 23.4. The van der Waals surface area contributed by atoms with Crippen molar-refractivity contribution in [3.8, 4) is 11.5 Å². The summed E-state index contributed by atoms with van der Waals surface area (Å²) in [6.07, 6.45) is 1.72. The molecule has 4 rings (SSSR count). The number of nitro benzene ring substituents is 1. The fourth-order valence-corrected chi connectivity index (χ4v) is 4.76. The number of benzene rings is 1. The molecule has 0 amide bonds. The van der Waals surface area contributed by atoms with Gasteiger partial charge in [-0.15, -0.1) is 0 Å². The minimum atomic E-state index is -0.588. The number of fused-ring (bicyclic) bond motifs is 1. The van der Waals surface area contributed by atoms with Crippen LogP contribution in [0.25, 0.3) is 0 Å². The number of phenols is 1. The zero-order chi connectivity index (χ0) is 19.8. The number of hydrogen-bond acceptors (Lipinski definition) is 8. The van der Waals surface area contributed by atoms with Crippen molar-refractivity contribution in [3.05, 3.63) is 57.9 Å². The van der Waals surface area contributed by atoms with Crippen LogP contribution in [0.4, 0.5) is 5.69 Å². The molecule has 0 bridgehead atoms. The number of phenolic OH excluding ortho intramolecular Hbond substituents is 1. The van der Waals surface area contributed by atoms with Crippen molar-refractivity contribution >= 4 is 22.6 Å². The van der Waals surface area contributed by atoms with Crippen molar-refractivity contribution in [2.75, 3.05) is 13.2 Å². The molecule has 28 heavy (non-hydrogen) atoms. The quantitative estimate of drug-likeness (QED) is 0.603. The SMILES string of the molecule is CCOc1cc([C@@H]2[C@H](c3ccccn3)N=C3S[C@@H](C)CN32)cc([N+](=O)[O-])c1O. The highest BCUT2D eigenvalue weighted by Gasteiger charge is 2.44. The van der Waals surface area contributed by atoms with Crippen molar-refractivity contribution in [2.24, 2.45) is 4.99 Å². The first kappa shape index (κ1) is 18.5. The van der Waals surface area contributed by atoms with Gasteiger partial charge in [0.1, 0.15) is 6.04 Å². The molecule has 2 aliphatic heterocycles. The number of thioether (sulfide) groups is 1. The molecule has 9 heteroatoms. The Morgan fingerprint density at radius 2 is 2.25 bits per heavy atom. The third kappa shape index (κ3) is 3.15. The van der Waals surface area contributed by atoms with E-state index in [-0.39, 0.29) is 23.5 Å². The summed E-state index contributed by atoms with van der Waals surface area (Å²) in [6.45, 7) is 4.98. The maximum Gasteiger partial charge on any atom is 0.315 e. The molecule has 0 unspecified atom stereocenters. The number of aromatic nitrogens is 1. The van der Waals surface area contributed by atoms with E-state index in [2.05, 4.69) is 16.8 Å². The average Bonchev–Trinajstić information content (AvgIpc) is 3.20. The fraction of sp³-hybridized carbons (Fsp3) is 0.368. The lowest BCUT2D eigenvalue weighted by Crippen LogP contribution is -2.28. The van der Waals surface area contributed by atoms with Crippen LogP contribution in [-0.2, 0) is 0 Å². The molecule has 2 aromatic rings. The lowest BCUT2D eigenvalue weighted by Gasteiger charge is -2.27. The summed E-state index contributed by atoms with van der Waals surface area (Å²) in [5, 5.41) is 23.1. The molecule has 3 heterocycles. The Bertz CT molecular complexity index is 937. The highest BCUT2D eigenvalue weighted by Crippen LogP contribution is 2.50. The van der Waals surface area contributed by atoms with Gasteiger partial charge >= 0.3 is 5.69 Å². The van der Waals surface area contributed by atoms with Crippen LogP contribution in [0.3, 0.4) is 0 Å². The molecule has 0 aliphatic carbocycles. The van der Waals surface area contributed by atoms with E-state index in [0.29, 0.717) is 17.4 Å². The second-order valence-electron chi connectivity index (χ2n) is 6.71. The molecule has 3 atom stereocenters. The number of amidine groups is 1. The Morgan fingerprint density at radius 3 is 2.93 bits per heavy atom. The predicted molar refractivity (Wildman–Crippen MR) is 107 cm³/mol. The van der Waals surface area contributed by atoms with Crippen molar-refractivity contribution in [1.82, 2.24) is 9.88 Å². The van der Waals surface area contributed by atoms with Crippen LogP contribution in [0.1, 0.15) is 37.2 Å². The van der Waals surface area contributed by atoms with Crippen LogP contribution in [0, 0.1) is 10.1 Å². The van der Waals surface area contributed by atoms with Crippen LogP contribution in [0.15, 0.2) is 41.5 Å². The summed E-state index contributed by atoms with van der Waals surface area (Å²) in [6, 6.07) is 8.23. The standard InChI is InChI=1S/C19H20N4O4S/c1-3-27-15-9-12(8-14(18(15)24)23(25)26)17-16(13-6-4-5-7-20-13)21-19-22(17)10-11(2)28-19/h4-9,11,16-17,24H,3,10H2,1-2H3/t11-,16-,17+/m0/s1. The van der Waals surface area contributed by atoms with E-state index in [4.69, 9.17) is 9.73 Å². The van der Waals surface area contributed by atoms with Crippen LogP contribution in [0.5, 0.6) is 11.5 Å². The van der Waals surface area contributed by atoms with Gasteiger partial charge in [0.2, 0.25) is 5.75 Å². The summed E-state index contributed by atoms with van der Waals surface area (Å²) in [5.41, 5.74) is 1.11. The number of pyridine rings is 1. The molecule has 146 valence electrons. The molecule has 0 radical (unpaired) electrons. The summed E-state index contributed by atoms with van der Waals surface area (Å²) < 4.78 is 5.47. The monoisotopic (exact) mass is 400 g/mol. The van der Waals surface area contributed by atoms with E-state index in [1.807, 2.05) is 18.2 Å². The number of ether oxygens (including phenoxy) is 1. The molecule has 1 N–H and O–H groups in total. The number of hydrogen-bond donors (Lipinski definition) is 1. The predicted octanol–water partition coefficient (Wildman–Crippen LogP) is 3.68. The average molecular weight is 400 g/mol. The zero-order valence-corrected chi connectivity index (χ0v) is 16.3. The van der Waals surface area contributed by atoms with Gasteiger partial charge in [-0.3, -0.25) is 20.1 Å². The summed E-state index contributed by atoms with van der Waals surface area (Å²) >= 11 is 1.69. The smallest absolute Gasteiger partial charge is 0.315 e. The minimum Gasteiger partial charge on any atom is -0.500 e.